The lowest BCUT2D eigenvalue weighted by Crippen LogP contribution is -2.20. The minimum Gasteiger partial charge on any atom is -0.467 e. The third-order valence-corrected chi connectivity index (χ3v) is 4.94. The normalized spacial score (nSPS) is 13.1. The third-order valence-electron chi connectivity index (χ3n) is 3.38. The smallest absolute Gasteiger partial charge is 0.240 e. The van der Waals surface area contributed by atoms with Crippen molar-refractivity contribution in [1.29, 1.82) is 0 Å². The summed E-state index contributed by atoms with van der Waals surface area (Å²) in [6, 6.07) is 9.06. The van der Waals surface area contributed by atoms with Gasteiger partial charge < -0.3 is 9.73 Å². The Bertz CT molecular complexity index is 694. The molecule has 5 nitrogen and oxygen atoms in total. The van der Waals surface area contributed by atoms with Crippen molar-refractivity contribution in [3.63, 3.8) is 0 Å². The summed E-state index contributed by atoms with van der Waals surface area (Å²) in [7, 11) is -2.05. The molecule has 21 heavy (non-hydrogen) atoms. The Balaban J connectivity index is 2.31. The van der Waals surface area contributed by atoms with E-state index in [1.54, 1.807) is 25.3 Å². The molecule has 2 N–H and O–H groups in total. The van der Waals surface area contributed by atoms with E-state index in [2.05, 4.69) is 10.0 Å². The summed E-state index contributed by atoms with van der Waals surface area (Å²) in [6.45, 7) is 3.82. The molecule has 0 aliphatic carbocycles. The molecule has 0 aliphatic heterocycles. The number of furan rings is 1. The largest absolute Gasteiger partial charge is 0.467 e. The topological polar surface area (TPSA) is 71.3 Å². The Labute approximate surface area is 125 Å². The first kappa shape index (κ1) is 15.6. The molecule has 0 aliphatic rings. The zero-order chi connectivity index (χ0) is 15.5. The molecule has 1 aromatic carbocycles. The summed E-state index contributed by atoms with van der Waals surface area (Å²) >= 11 is 0. The molecule has 1 unspecified atom stereocenters. The van der Waals surface area contributed by atoms with Crippen LogP contribution >= 0.6 is 0 Å². The molecule has 0 saturated heterocycles. The molecule has 0 fully saturated rings. The zero-order valence-corrected chi connectivity index (χ0v) is 13.2. The maximum absolute atomic E-state index is 12.0. The quantitative estimate of drug-likeness (QED) is 0.860. The molecule has 1 aromatic heterocycles. The summed E-state index contributed by atoms with van der Waals surface area (Å²) < 4.78 is 31.8. The Morgan fingerprint density at radius 2 is 2.05 bits per heavy atom. The molecule has 1 heterocycles. The molecule has 1 atom stereocenters. The van der Waals surface area contributed by atoms with E-state index in [9.17, 15) is 8.42 Å². The van der Waals surface area contributed by atoms with Gasteiger partial charge in [-0.25, -0.2) is 13.1 Å². The minimum absolute atomic E-state index is 0.00726. The van der Waals surface area contributed by atoms with Crippen LogP contribution in [0.2, 0.25) is 0 Å². The Kier molecular flexibility index (Phi) is 4.69. The van der Waals surface area contributed by atoms with Crippen LogP contribution in [0.1, 0.15) is 30.7 Å². The average Bonchev–Trinajstić information content (AvgIpc) is 3.00. The van der Waals surface area contributed by atoms with Crippen molar-refractivity contribution < 1.29 is 12.8 Å². The zero-order valence-electron chi connectivity index (χ0n) is 12.4. The van der Waals surface area contributed by atoms with Gasteiger partial charge in [0.05, 0.1) is 17.2 Å². The fourth-order valence-electron chi connectivity index (χ4n) is 2.15. The molecule has 0 amide bonds. The van der Waals surface area contributed by atoms with Gasteiger partial charge in [0.15, 0.2) is 0 Å². The minimum atomic E-state index is -3.46. The van der Waals surface area contributed by atoms with Gasteiger partial charge >= 0.3 is 0 Å². The van der Waals surface area contributed by atoms with Crippen molar-refractivity contribution in [1.82, 2.24) is 4.72 Å². The molecular formula is C15H20N2O3S. The van der Waals surface area contributed by atoms with Crippen LogP contribution in [0.15, 0.2) is 45.9 Å². The second-order valence-electron chi connectivity index (χ2n) is 4.81. The number of rotatable bonds is 6. The number of benzene rings is 1. The number of hydrogen-bond donors (Lipinski definition) is 2. The van der Waals surface area contributed by atoms with E-state index < -0.39 is 10.0 Å². The molecule has 2 rings (SSSR count). The monoisotopic (exact) mass is 308 g/mol. The molecule has 114 valence electrons. The van der Waals surface area contributed by atoms with Crippen molar-refractivity contribution in [2.24, 2.45) is 0 Å². The van der Waals surface area contributed by atoms with Gasteiger partial charge in [-0.3, -0.25) is 0 Å². The lowest BCUT2D eigenvalue weighted by molar-refractivity contribution is 0.474. The van der Waals surface area contributed by atoms with Crippen molar-refractivity contribution in [3.05, 3.63) is 47.9 Å². The predicted octanol–water partition coefficient (Wildman–Crippen LogP) is 3.06. The third kappa shape index (κ3) is 3.46. The van der Waals surface area contributed by atoms with Crippen molar-refractivity contribution >= 4 is 15.7 Å². The van der Waals surface area contributed by atoms with Crippen LogP contribution in [0.25, 0.3) is 0 Å². The van der Waals surface area contributed by atoms with Crippen LogP contribution in [0.4, 0.5) is 5.69 Å². The SMILES string of the molecule is CCC(Nc1ccc(C)c(S(=O)(=O)NC)c1)c1ccco1. The van der Waals surface area contributed by atoms with Crippen molar-refractivity contribution in [3.8, 4) is 0 Å². The molecular weight excluding hydrogens is 288 g/mol. The number of nitrogens with one attached hydrogen (secondary N) is 2. The van der Waals surface area contributed by atoms with E-state index in [1.165, 1.54) is 7.05 Å². The Hall–Kier alpha value is -1.79. The molecule has 6 heteroatoms. The fourth-order valence-corrected chi connectivity index (χ4v) is 3.15. The van der Waals surface area contributed by atoms with E-state index in [-0.39, 0.29) is 10.9 Å². The lowest BCUT2D eigenvalue weighted by atomic mass is 10.1. The highest BCUT2D eigenvalue weighted by Crippen LogP contribution is 2.26. The van der Waals surface area contributed by atoms with Gasteiger partial charge in [0, 0.05) is 5.69 Å². The van der Waals surface area contributed by atoms with E-state index in [1.807, 2.05) is 25.1 Å². The maximum Gasteiger partial charge on any atom is 0.240 e. The van der Waals surface area contributed by atoms with Gasteiger partial charge in [-0.2, -0.15) is 0 Å². The number of sulfonamides is 1. The Morgan fingerprint density at radius 3 is 2.62 bits per heavy atom. The number of anilines is 1. The van der Waals surface area contributed by atoms with Crippen molar-refractivity contribution in [2.75, 3.05) is 12.4 Å². The summed E-state index contributed by atoms with van der Waals surface area (Å²) in [5.41, 5.74) is 1.46. The highest BCUT2D eigenvalue weighted by Gasteiger charge is 2.17. The van der Waals surface area contributed by atoms with Crippen LogP contribution in [0, 0.1) is 6.92 Å². The maximum atomic E-state index is 12.0. The standard InChI is InChI=1S/C15H20N2O3S/c1-4-13(14-6-5-9-20-14)17-12-8-7-11(2)15(10-12)21(18,19)16-3/h5-10,13,16-17H,4H2,1-3H3. The van der Waals surface area contributed by atoms with Crippen LogP contribution in [0.3, 0.4) is 0 Å². The van der Waals surface area contributed by atoms with E-state index in [4.69, 9.17) is 4.42 Å². The van der Waals surface area contributed by atoms with E-state index >= 15 is 0 Å². The average molecular weight is 308 g/mol. The summed E-state index contributed by atoms with van der Waals surface area (Å²) in [5, 5.41) is 3.31. The van der Waals surface area contributed by atoms with E-state index in [0.29, 0.717) is 5.56 Å². The van der Waals surface area contributed by atoms with Gasteiger partial charge in [0.2, 0.25) is 10.0 Å². The molecule has 0 radical (unpaired) electrons. The first-order chi connectivity index (χ1) is 9.97. The van der Waals surface area contributed by atoms with Gasteiger partial charge in [-0.1, -0.05) is 13.0 Å². The highest BCUT2D eigenvalue weighted by atomic mass is 32.2. The molecule has 2 aromatic rings. The van der Waals surface area contributed by atoms with Crippen LogP contribution in [-0.4, -0.2) is 15.5 Å². The van der Waals surface area contributed by atoms with Crippen molar-refractivity contribution in [2.45, 2.75) is 31.2 Å². The fraction of sp³-hybridized carbons (Fsp3) is 0.333. The summed E-state index contributed by atoms with van der Waals surface area (Å²) in [5.74, 6) is 0.830. The van der Waals surface area contributed by atoms with Gasteiger partial charge in [0.1, 0.15) is 5.76 Å². The molecule has 0 saturated carbocycles. The predicted molar refractivity (Wildman–Crippen MR) is 82.8 cm³/mol. The summed E-state index contributed by atoms with van der Waals surface area (Å²) in [4.78, 5) is 0.282. The molecule has 0 spiro atoms. The number of hydrogen-bond acceptors (Lipinski definition) is 4. The lowest BCUT2D eigenvalue weighted by Gasteiger charge is -2.17. The first-order valence-electron chi connectivity index (χ1n) is 6.82. The Morgan fingerprint density at radius 1 is 1.29 bits per heavy atom. The molecule has 0 bridgehead atoms. The van der Waals surface area contributed by atoms with E-state index in [0.717, 1.165) is 17.9 Å². The second kappa shape index (κ2) is 6.32. The first-order valence-corrected chi connectivity index (χ1v) is 8.30. The van der Waals surface area contributed by atoms with Gasteiger partial charge in [0.25, 0.3) is 0 Å². The van der Waals surface area contributed by atoms with Crippen LogP contribution in [-0.2, 0) is 10.0 Å². The van der Waals surface area contributed by atoms with Crippen LogP contribution < -0.4 is 10.0 Å². The van der Waals surface area contributed by atoms with Crippen LogP contribution in [0.5, 0.6) is 0 Å². The summed E-state index contributed by atoms with van der Waals surface area (Å²) in [6.07, 6.45) is 2.46. The van der Waals surface area contributed by atoms with Gasteiger partial charge in [-0.05, 0) is 50.2 Å². The highest BCUT2D eigenvalue weighted by molar-refractivity contribution is 7.89. The van der Waals surface area contributed by atoms with Gasteiger partial charge in [-0.15, -0.1) is 0 Å². The number of aryl methyl sites for hydroxylation is 1. The second-order valence-corrected chi connectivity index (χ2v) is 6.66.